The number of hydrogen-bond acceptors (Lipinski definition) is 4. The third-order valence-electron chi connectivity index (χ3n) is 2.37. The minimum atomic E-state index is -1.15. The van der Waals surface area contributed by atoms with Gasteiger partial charge < -0.3 is 14.6 Å². The first-order chi connectivity index (χ1) is 7.50. The van der Waals surface area contributed by atoms with E-state index in [9.17, 15) is 9.59 Å². The second-order valence-electron chi connectivity index (χ2n) is 3.88. The Labute approximate surface area is 94.0 Å². The Kier molecular flexibility index (Phi) is 4.49. The monoisotopic (exact) mass is 228 g/mol. The summed E-state index contributed by atoms with van der Waals surface area (Å²) < 4.78 is 10.1. The summed E-state index contributed by atoms with van der Waals surface area (Å²) in [5.41, 5.74) is 0.193. The number of carbonyl (C=O) groups is 2. The fourth-order valence-corrected chi connectivity index (χ4v) is 1.50. The Morgan fingerprint density at radius 3 is 2.75 bits per heavy atom. The molecule has 0 aromatic carbocycles. The molecule has 1 rings (SSSR count). The molecule has 1 N–H and O–H groups in total. The zero-order valence-corrected chi connectivity index (χ0v) is 9.27. The predicted molar refractivity (Wildman–Crippen MR) is 55.9 cm³/mol. The van der Waals surface area contributed by atoms with Gasteiger partial charge >= 0.3 is 11.9 Å². The van der Waals surface area contributed by atoms with Crippen molar-refractivity contribution in [2.24, 2.45) is 0 Å². The van der Waals surface area contributed by atoms with Crippen molar-refractivity contribution < 1.29 is 24.2 Å². The average molecular weight is 228 g/mol. The molecular formula is C11H16O5. The van der Waals surface area contributed by atoms with Gasteiger partial charge in [0.05, 0.1) is 6.10 Å². The summed E-state index contributed by atoms with van der Waals surface area (Å²) in [5, 5.41) is 8.90. The standard InChI is InChI=1S/C11H16O5/c1-7(2)11(14)16-9(10(12)13)6-8-4-3-5-15-8/h8-9H,1,3-6H2,2H3,(H,12,13). The van der Waals surface area contributed by atoms with Gasteiger partial charge in [0.15, 0.2) is 0 Å². The summed E-state index contributed by atoms with van der Waals surface area (Å²) in [6.45, 7) is 5.52. The molecule has 5 nitrogen and oxygen atoms in total. The van der Waals surface area contributed by atoms with Gasteiger partial charge in [-0.05, 0) is 19.8 Å². The van der Waals surface area contributed by atoms with Crippen LogP contribution < -0.4 is 0 Å². The van der Waals surface area contributed by atoms with Crippen molar-refractivity contribution in [3.05, 3.63) is 12.2 Å². The Bertz CT molecular complexity index is 291. The van der Waals surface area contributed by atoms with Crippen molar-refractivity contribution in [3.63, 3.8) is 0 Å². The van der Waals surface area contributed by atoms with Gasteiger partial charge in [-0.1, -0.05) is 6.58 Å². The van der Waals surface area contributed by atoms with Crippen molar-refractivity contribution in [2.75, 3.05) is 6.61 Å². The Morgan fingerprint density at radius 1 is 1.62 bits per heavy atom. The van der Waals surface area contributed by atoms with Crippen molar-refractivity contribution in [3.8, 4) is 0 Å². The summed E-state index contributed by atoms with van der Waals surface area (Å²) in [4.78, 5) is 22.1. The van der Waals surface area contributed by atoms with E-state index in [1.807, 2.05) is 0 Å². The minimum Gasteiger partial charge on any atom is -0.479 e. The summed E-state index contributed by atoms with van der Waals surface area (Å²) >= 11 is 0. The first kappa shape index (κ1) is 12.7. The number of carbonyl (C=O) groups excluding carboxylic acids is 1. The van der Waals surface area contributed by atoms with Crippen molar-refractivity contribution in [1.82, 2.24) is 0 Å². The van der Waals surface area contributed by atoms with Crippen LogP contribution in [0, 0.1) is 0 Å². The molecule has 0 radical (unpaired) electrons. The summed E-state index contributed by atoms with van der Waals surface area (Å²) in [7, 11) is 0. The molecule has 5 heteroatoms. The Balaban J connectivity index is 2.50. The number of ether oxygens (including phenoxy) is 2. The van der Waals surface area contributed by atoms with E-state index in [4.69, 9.17) is 14.6 Å². The fourth-order valence-electron chi connectivity index (χ4n) is 1.50. The fraction of sp³-hybridized carbons (Fsp3) is 0.636. The maximum atomic E-state index is 11.2. The van der Waals surface area contributed by atoms with Crippen LogP contribution in [0.2, 0.25) is 0 Å². The van der Waals surface area contributed by atoms with Crippen LogP contribution in [0.3, 0.4) is 0 Å². The molecule has 1 fully saturated rings. The maximum Gasteiger partial charge on any atom is 0.345 e. The van der Waals surface area contributed by atoms with Gasteiger partial charge in [-0.3, -0.25) is 0 Å². The molecule has 1 aliphatic rings. The number of esters is 1. The van der Waals surface area contributed by atoms with E-state index in [1.165, 1.54) is 6.92 Å². The molecule has 1 heterocycles. The van der Waals surface area contributed by atoms with Crippen molar-refractivity contribution >= 4 is 11.9 Å². The van der Waals surface area contributed by atoms with Crippen molar-refractivity contribution in [2.45, 2.75) is 38.4 Å². The van der Waals surface area contributed by atoms with Gasteiger partial charge in [0, 0.05) is 18.6 Å². The molecule has 90 valence electrons. The third-order valence-corrected chi connectivity index (χ3v) is 2.37. The van der Waals surface area contributed by atoms with Crippen LogP contribution in [-0.4, -0.2) is 35.9 Å². The zero-order chi connectivity index (χ0) is 12.1. The molecule has 0 amide bonds. The van der Waals surface area contributed by atoms with Crippen LogP contribution in [0.25, 0.3) is 0 Å². The van der Waals surface area contributed by atoms with E-state index in [1.54, 1.807) is 0 Å². The molecule has 1 aliphatic heterocycles. The first-order valence-electron chi connectivity index (χ1n) is 5.21. The molecule has 0 saturated carbocycles. The lowest BCUT2D eigenvalue weighted by molar-refractivity contribution is -0.163. The number of carboxylic acid groups (broad SMARTS) is 1. The lowest BCUT2D eigenvalue weighted by Crippen LogP contribution is -2.31. The van der Waals surface area contributed by atoms with Gasteiger partial charge in [-0.2, -0.15) is 0 Å². The van der Waals surface area contributed by atoms with Crippen molar-refractivity contribution in [1.29, 1.82) is 0 Å². The van der Waals surface area contributed by atoms with Crippen LogP contribution in [0.5, 0.6) is 0 Å². The Hall–Kier alpha value is -1.36. The lowest BCUT2D eigenvalue weighted by atomic mass is 10.1. The van der Waals surface area contributed by atoms with E-state index in [2.05, 4.69) is 6.58 Å². The SMILES string of the molecule is C=C(C)C(=O)OC(CC1CCCO1)C(=O)O. The third kappa shape index (κ3) is 3.66. The maximum absolute atomic E-state index is 11.2. The quantitative estimate of drug-likeness (QED) is 0.564. The highest BCUT2D eigenvalue weighted by Crippen LogP contribution is 2.19. The van der Waals surface area contributed by atoms with E-state index >= 15 is 0 Å². The Morgan fingerprint density at radius 2 is 2.31 bits per heavy atom. The molecule has 2 unspecified atom stereocenters. The van der Waals surface area contributed by atoms with Gasteiger partial charge in [-0.25, -0.2) is 9.59 Å². The van der Waals surface area contributed by atoms with E-state index in [0.29, 0.717) is 6.61 Å². The smallest absolute Gasteiger partial charge is 0.345 e. The molecule has 16 heavy (non-hydrogen) atoms. The number of carboxylic acids is 1. The largest absolute Gasteiger partial charge is 0.479 e. The highest BCUT2D eigenvalue weighted by molar-refractivity contribution is 5.89. The van der Waals surface area contributed by atoms with E-state index in [-0.39, 0.29) is 18.1 Å². The molecular weight excluding hydrogens is 212 g/mol. The summed E-state index contributed by atoms with van der Waals surface area (Å²) in [5.74, 6) is -1.82. The molecule has 0 bridgehead atoms. The first-order valence-corrected chi connectivity index (χ1v) is 5.21. The summed E-state index contributed by atoms with van der Waals surface area (Å²) in [6.07, 6.45) is 0.667. The van der Waals surface area contributed by atoms with E-state index < -0.39 is 18.0 Å². The highest BCUT2D eigenvalue weighted by atomic mass is 16.6. The van der Waals surface area contributed by atoms with Gasteiger partial charge in [-0.15, -0.1) is 0 Å². The molecule has 0 spiro atoms. The van der Waals surface area contributed by atoms with Crippen LogP contribution >= 0.6 is 0 Å². The molecule has 1 saturated heterocycles. The second kappa shape index (κ2) is 5.65. The number of hydrogen-bond donors (Lipinski definition) is 1. The van der Waals surface area contributed by atoms with Gasteiger partial charge in [0.1, 0.15) is 0 Å². The lowest BCUT2D eigenvalue weighted by Gasteiger charge is -2.17. The van der Waals surface area contributed by atoms with Crippen LogP contribution in [0.4, 0.5) is 0 Å². The molecule has 0 aromatic heterocycles. The zero-order valence-electron chi connectivity index (χ0n) is 9.27. The van der Waals surface area contributed by atoms with Crippen LogP contribution in [0.1, 0.15) is 26.2 Å². The summed E-state index contributed by atoms with van der Waals surface area (Å²) in [6, 6.07) is 0. The average Bonchev–Trinajstić information content (AvgIpc) is 2.68. The molecule has 0 aliphatic carbocycles. The predicted octanol–water partition coefficient (Wildman–Crippen LogP) is 1.13. The minimum absolute atomic E-state index is 0.126. The highest BCUT2D eigenvalue weighted by Gasteiger charge is 2.28. The van der Waals surface area contributed by atoms with Gasteiger partial charge in [0.2, 0.25) is 6.10 Å². The second-order valence-corrected chi connectivity index (χ2v) is 3.88. The van der Waals surface area contributed by atoms with Crippen LogP contribution in [-0.2, 0) is 19.1 Å². The molecule has 0 aromatic rings. The molecule has 2 atom stereocenters. The van der Waals surface area contributed by atoms with Crippen LogP contribution in [0.15, 0.2) is 12.2 Å². The number of aliphatic carboxylic acids is 1. The normalized spacial score (nSPS) is 21.4. The van der Waals surface area contributed by atoms with E-state index in [0.717, 1.165) is 12.8 Å². The number of rotatable bonds is 5. The van der Waals surface area contributed by atoms with Gasteiger partial charge in [0.25, 0.3) is 0 Å². The topological polar surface area (TPSA) is 72.8 Å².